The second-order valence-electron chi connectivity index (χ2n) is 10.2. The number of imide groups is 1. The van der Waals surface area contributed by atoms with Gasteiger partial charge in [-0.05, 0) is 61.5 Å². The summed E-state index contributed by atoms with van der Waals surface area (Å²) in [5, 5.41) is 28.7. The highest BCUT2D eigenvalue weighted by molar-refractivity contribution is 6.58. The molecule has 9 nitrogen and oxygen atoms in total. The summed E-state index contributed by atoms with van der Waals surface area (Å²) < 4.78 is 5.85. The summed E-state index contributed by atoms with van der Waals surface area (Å²) in [5.41, 5.74) is 2.11. The number of fused-ring (bicyclic) bond motifs is 3. The summed E-state index contributed by atoms with van der Waals surface area (Å²) in [6, 6.07) is 9.26. The Labute approximate surface area is 217 Å². The zero-order valence-electron chi connectivity index (χ0n) is 20.5. The Hall–Kier alpha value is -3.86. The van der Waals surface area contributed by atoms with Crippen molar-refractivity contribution >= 4 is 41.6 Å². The Morgan fingerprint density at radius 1 is 1.05 bits per heavy atom. The van der Waals surface area contributed by atoms with E-state index >= 15 is 0 Å². The minimum Gasteiger partial charge on any atom is -0.463 e. The molecule has 2 aromatic rings. The molecule has 1 aromatic heterocycles. The number of furan rings is 1. The van der Waals surface area contributed by atoms with E-state index in [-0.39, 0.29) is 48.1 Å². The molecule has 38 heavy (non-hydrogen) atoms. The standard InChI is InChI=1S/C28H24BNO8/c1-13-9-21(32)24-20(26(13)33)11-19-17(25(24)22-8-5-16(12-31)38-22)6-7-18-23(19)28(35)30(27(18)34)15-4-2-3-14(10-15)29(36)37/h2-6,8-10,18-19,23,25,31,36-37H,7,11-12H2,1H3. The monoisotopic (exact) mass is 513 g/mol. The van der Waals surface area contributed by atoms with Gasteiger partial charge in [-0.25, -0.2) is 0 Å². The molecular weight excluding hydrogens is 489 g/mol. The molecule has 0 spiro atoms. The molecule has 2 heterocycles. The summed E-state index contributed by atoms with van der Waals surface area (Å²) >= 11 is 0. The number of hydrogen-bond acceptors (Lipinski definition) is 8. The number of hydrogen-bond donors (Lipinski definition) is 3. The lowest BCUT2D eigenvalue weighted by Crippen LogP contribution is -2.39. The Bertz CT molecular complexity index is 1510. The number of aliphatic hydroxyl groups excluding tert-OH is 1. The van der Waals surface area contributed by atoms with E-state index in [1.807, 2.05) is 6.08 Å². The van der Waals surface area contributed by atoms with Crippen LogP contribution in [0.5, 0.6) is 0 Å². The summed E-state index contributed by atoms with van der Waals surface area (Å²) in [6.07, 6.45) is 3.62. The van der Waals surface area contributed by atoms with Crippen LogP contribution in [0.2, 0.25) is 0 Å². The SMILES string of the molecule is CC1=CC(=O)C2=C(CC3C(=CCC4C(=O)N(c5cccc(B(O)O)c5)C(=O)C43)C2c2ccc(CO)o2)C1=O. The van der Waals surface area contributed by atoms with Gasteiger partial charge >= 0.3 is 7.12 Å². The number of ketones is 2. The third kappa shape index (κ3) is 3.52. The van der Waals surface area contributed by atoms with E-state index in [2.05, 4.69) is 0 Å². The van der Waals surface area contributed by atoms with Crippen molar-refractivity contribution in [2.45, 2.75) is 32.3 Å². The van der Waals surface area contributed by atoms with Crippen LogP contribution in [-0.4, -0.2) is 45.7 Å². The maximum atomic E-state index is 13.9. The van der Waals surface area contributed by atoms with Gasteiger partial charge in [0.15, 0.2) is 11.6 Å². The van der Waals surface area contributed by atoms with Crippen molar-refractivity contribution in [2.24, 2.45) is 17.8 Å². The lowest BCUT2D eigenvalue weighted by atomic mass is 9.60. The normalized spacial score (nSPS) is 26.7. The number of allylic oxidation sites excluding steroid dienone is 6. The molecule has 3 aliphatic carbocycles. The van der Waals surface area contributed by atoms with Crippen molar-refractivity contribution < 1.29 is 38.7 Å². The quantitative estimate of drug-likeness (QED) is 0.239. The van der Waals surface area contributed by atoms with E-state index < -0.39 is 36.7 Å². The van der Waals surface area contributed by atoms with Crippen molar-refractivity contribution in [1.29, 1.82) is 0 Å². The van der Waals surface area contributed by atoms with Gasteiger partial charge in [0.05, 0.1) is 23.4 Å². The van der Waals surface area contributed by atoms with E-state index in [0.29, 0.717) is 28.2 Å². The number of rotatable bonds is 4. The molecule has 4 aliphatic rings. The average Bonchev–Trinajstić information content (AvgIpc) is 3.48. The summed E-state index contributed by atoms with van der Waals surface area (Å²) in [7, 11) is -1.76. The number of aliphatic hydroxyl groups is 1. The van der Waals surface area contributed by atoms with E-state index in [0.717, 1.165) is 10.5 Å². The van der Waals surface area contributed by atoms with Crippen LogP contribution in [0.25, 0.3) is 0 Å². The first kappa shape index (κ1) is 24.5. The van der Waals surface area contributed by atoms with Gasteiger partial charge in [-0.2, -0.15) is 0 Å². The molecule has 0 saturated carbocycles. The lowest BCUT2D eigenvalue weighted by Gasteiger charge is -2.41. The van der Waals surface area contributed by atoms with Crippen LogP contribution in [0, 0.1) is 17.8 Å². The van der Waals surface area contributed by atoms with Crippen LogP contribution in [0.3, 0.4) is 0 Å². The van der Waals surface area contributed by atoms with Gasteiger partial charge in [0, 0.05) is 16.7 Å². The molecule has 4 unspecified atom stereocenters. The highest BCUT2D eigenvalue weighted by Gasteiger charge is 2.57. The molecule has 1 aliphatic heterocycles. The van der Waals surface area contributed by atoms with Gasteiger partial charge in [0.2, 0.25) is 11.8 Å². The predicted molar refractivity (Wildman–Crippen MR) is 135 cm³/mol. The molecule has 1 aromatic carbocycles. The van der Waals surface area contributed by atoms with Crippen molar-refractivity contribution in [2.75, 3.05) is 4.90 Å². The zero-order valence-corrected chi connectivity index (χ0v) is 20.5. The van der Waals surface area contributed by atoms with Gasteiger partial charge in [0.1, 0.15) is 18.1 Å². The third-order valence-electron chi connectivity index (χ3n) is 8.11. The molecule has 0 radical (unpaired) electrons. The lowest BCUT2D eigenvalue weighted by molar-refractivity contribution is -0.123. The predicted octanol–water partition coefficient (Wildman–Crippen LogP) is 1.09. The Morgan fingerprint density at radius 2 is 1.84 bits per heavy atom. The third-order valence-corrected chi connectivity index (χ3v) is 8.11. The number of nitrogens with zero attached hydrogens (tertiary/aromatic N) is 1. The molecule has 0 bridgehead atoms. The van der Waals surface area contributed by atoms with Crippen molar-refractivity contribution in [3.05, 3.63) is 82.4 Å². The minimum absolute atomic E-state index is 0.143. The van der Waals surface area contributed by atoms with Crippen LogP contribution < -0.4 is 10.4 Å². The van der Waals surface area contributed by atoms with Crippen LogP contribution >= 0.6 is 0 Å². The van der Waals surface area contributed by atoms with Crippen LogP contribution in [0.1, 0.15) is 37.2 Å². The molecule has 4 atom stereocenters. The summed E-state index contributed by atoms with van der Waals surface area (Å²) in [6.45, 7) is 1.25. The molecular formula is C28H24BNO8. The average molecular weight is 513 g/mol. The number of Topliss-reactive ketones (excluding diaryl/α,β-unsaturated/α-hetero) is 1. The van der Waals surface area contributed by atoms with Crippen molar-refractivity contribution in [3.63, 3.8) is 0 Å². The number of carbonyl (C=O) groups is 4. The second-order valence-corrected chi connectivity index (χ2v) is 10.2. The van der Waals surface area contributed by atoms with E-state index in [4.69, 9.17) is 4.42 Å². The smallest absolute Gasteiger partial charge is 0.463 e. The van der Waals surface area contributed by atoms with Crippen LogP contribution in [-0.2, 0) is 25.8 Å². The zero-order chi connectivity index (χ0) is 26.9. The largest absolute Gasteiger partial charge is 0.488 e. The second kappa shape index (κ2) is 8.87. The molecule has 2 amide bonds. The maximum Gasteiger partial charge on any atom is 0.488 e. The van der Waals surface area contributed by atoms with Gasteiger partial charge in [-0.3, -0.25) is 24.1 Å². The highest BCUT2D eigenvalue weighted by Crippen LogP contribution is 2.55. The molecule has 10 heteroatoms. The fourth-order valence-corrected chi connectivity index (χ4v) is 6.42. The van der Waals surface area contributed by atoms with Gasteiger partial charge in [-0.1, -0.05) is 23.8 Å². The van der Waals surface area contributed by atoms with Crippen molar-refractivity contribution in [3.8, 4) is 0 Å². The van der Waals surface area contributed by atoms with Crippen molar-refractivity contribution in [1.82, 2.24) is 0 Å². The Balaban J connectivity index is 1.45. The maximum absolute atomic E-state index is 13.9. The number of amides is 2. The van der Waals surface area contributed by atoms with Gasteiger partial charge < -0.3 is 19.6 Å². The fourth-order valence-electron chi connectivity index (χ4n) is 6.42. The Morgan fingerprint density at radius 3 is 2.55 bits per heavy atom. The molecule has 1 fully saturated rings. The van der Waals surface area contributed by atoms with Gasteiger partial charge in [0.25, 0.3) is 0 Å². The first-order chi connectivity index (χ1) is 18.2. The van der Waals surface area contributed by atoms with Crippen LogP contribution in [0.15, 0.2) is 75.3 Å². The summed E-state index contributed by atoms with van der Waals surface area (Å²) in [5.74, 6) is -3.32. The number of carbonyl (C=O) groups excluding carboxylic acids is 4. The fraction of sp³-hybridized carbons (Fsp3) is 0.286. The van der Waals surface area contributed by atoms with E-state index in [9.17, 15) is 34.3 Å². The van der Waals surface area contributed by atoms with Gasteiger partial charge in [-0.15, -0.1) is 0 Å². The van der Waals surface area contributed by atoms with E-state index in [1.54, 1.807) is 31.2 Å². The number of anilines is 1. The molecule has 192 valence electrons. The first-order valence-corrected chi connectivity index (χ1v) is 12.4. The molecule has 6 rings (SSSR count). The topological polar surface area (TPSA) is 145 Å². The minimum atomic E-state index is -1.76. The number of benzene rings is 1. The Kier molecular flexibility index (Phi) is 5.71. The highest BCUT2D eigenvalue weighted by atomic mass is 16.4. The summed E-state index contributed by atoms with van der Waals surface area (Å²) in [4.78, 5) is 54.9. The first-order valence-electron chi connectivity index (χ1n) is 12.4. The van der Waals surface area contributed by atoms with E-state index in [1.165, 1.54) is 18.2 Å². The molecule has 3 N–H and O–H groups in total. The van der Waals surface area contributed by atoms with Crippen LogP contribution in [0.4, 0.5) is 5.69 Å². The molecule has 1 saturated heterocycles.